The monoisotopic (exact) mass is 385 g/mol. The molecule has 27 heavy (non-hydrogen) atoms. The van der Waals surface area contributed by atoms with Gasteiger partial charge in [-0.05, 0) is 38.1 Å². The Hall–Kier alpha value is -3.13. The van der Waals surface area contributed by atoms with Gasteiger partial charge in [0.1, 0.15) is 15.7 Å². The van der Waals surface area contributed by atoms with E-state index < -0.39 is 23.8 Å². The van der Waals surface area contributed by atoms with Crippen LogP contribution in [0.15, 0.2) is 48.7 Å². The number of carbonyl (C=O) groups excluding carboxylic acids is 2. The lowest BCUT2D eigenvalue weighted by molar-refractivity contribution is -0.123. The van der Waals surface area contributed by atoms with Crippen LogP contribution in [0.3, 0.4) is 0 Å². The number of hydrogen-bond acceptors (Lipinski definition) is 6. The summed E-state index contributed by atoms with van der Waals surface area (Å²) >= 11 is 1.14. The van der Waals surface area contributed by atoms with Crippen LogP contribution in [0.5, 0.6) is 0 Å². The highest BCUT2D eigenvalue weighted by molar-refractivity contribution is 7.17. The molecule has 138 valence electrons. The average Bonchev–Trinajstić information content (AvgIpc) is 3.06. The number of para-hydroxylation sites is 1. The fourth-order valence-corrected chi connectivity index (χ4v) is 3.18. The standard InChI is InChI=1S/C19H16FN3O3S/c1-11-16(27-18(22-11)15-9-5-6-10-21-15)19(25)26-12(2)17(24)23-14-8-4-3-7-13(14)20/h3-10,12H,1-2H3,(H,23,24). The number of esters is 1. The lowest BCUT2D eigenvalue weighted by atomic mass is 10.3. The fraction of sp³-hybridized carbons (Fsp3) is 0.158. The second kappa shape index (κ2) is 8.05. The van der Waals surface area contributed by atoms with E-state index in [0.29, 0.717) is 21.3 Å². The number of ether oxygens (including phenoxy) is 1. The zero-order valence-corrected chi connectivity index (χ0v) is 15.4. The molecule has 1 aromatic carbocycles. The minimum absolute atomic E-state index is 0.0248. The van der Waals surface area contributed by atoms with Gasteiger partial charge in [0.15, 0.2) is 6.10 Å². The van der Waals surface area contributed by atoms with Crippen LogP contribution in [0.2, 0.25) is 0 Å². The molecule has 3 rings (SSSR count). The Labute approximate surface area is 159 Å². The normalized spacial score (nSPS) is 11.7. The number of nitrogens with one attached hydrogen (secondary N) is 1. The first-order chi connectivity index (χ1) is 13.0. The molecule has 2 heterocycles. The van der Waals surface area contributed by atoms with Crippen LogP contribution >= 0.6 is 11.3 Å². The van der Waals surface area contributed by atoms with Gasteiger partial charge in [0.05, 0.1) is 17.1 Å². The van der Waals surface area contributed by atoms with Crippen molar-refractivity contribution in [3.8, 4) is 10.7 Å². The van der Waals surface area contributed by atoms with Crippen molar-refractivity contribution in [3.05, 3.63) is 65.0 Å². The van der Waals surface area contributed by atoms with Gasteiger partial charge in [0.2, 0.25) is 0 Å². The summed E-state index contributed by atoms with van der Waals surface area (Å²) < 4.78 is 18.8. The summed E-state index contributed by atoms with van der Waals surface area (Å²) in [5, 5.41) is 2.99. The number of rotatable bonds is 5. The third kappa shape index (κ3) is 4.35. The summed E-state index contributed by atoms with van der Waals surface area (Å²) in [6, 6.07) is 11.2. The van der Waals surface area contributed by atoms with Crippen LogP contribution in [0.25, 0.3) is 10.7 Å². The van der Waals surface area contributed by atoms with Gasteiger partial charge in [0, 0.05) is 6.20 Å². The molecule has 3 aromatic rings. The zero-order chi connectivity index (χ0) is 19.4. The molecule has 0 fully saturated rings. The van der Waals surface area contributed by atoms with Crippen molar-refractivity contribution in [2.45, 2.75) is 20.0 Å². The zero-order valence-electron chi connectivity index (χ0n) is 14.6. The largest absolute Gasteiger partial charge is 0.448 e. The van der Waals surface area contributed by atoms with E-state index in [1.165, 1.54) is 25.1 Å². The summed E-state index contributed by atoms with van der Waals surface area (Å²) in [5.41, 5.74) is 1.17. The van der Waals surface area contributed by atoms with Gasteiger partial charge in [-0.2, -0.15) is 0 Å². The maximum Gasteiger partial charge on any atom is 0.351 e. The first kappa shape index (κ1) is 18.7. The summed E-state index contributed by atoms with van der Waals surface area (Å²) in [5.74, 6) is -1.85. The van der Waals surface area contributed by atoms with Crippen LogP contribution in [-0.4, -0.2) is 27.9 Å². The molecule has 0 aliphatic rings. The molecule has 8 heteroatoms. The molecule has 0 radical (unpaired) electrons. The van der Waals surface area contributed by atoms with Crippen LogP contribution < -0.4 is 5.32 Å². The predicted molar refractivity (Wildman–Crippen MR) is 100.0 cm³/mol. The Morgan fingerprint density at radius 3 is 2.63 bits per heavy atom. The van der Waals surface area contributed by atoms with Gasteiger partial charge in [0.25, 0.3) is 5.91 Å². The van der Waals surface area contributed by atoms with Gasteiger partial charge in [-0.3, -0.25) is 9.78 Å². The molecule has 0 bridgehead atoms. The van der Waals surface area contributed by atoms with Crippen molar-refractivity contribution < 1.29 is 18.7 Å². The molecule has 0 aliphatic carbocycles. The molecule has 1 atom stereocenters. The lowest BCUT2D eigenvalue weighted by Gasteiger charge is -2.13. The van der Waals surface area contributed by atoms with Crippen LogP contribution in [0.1, 0.15) is 22.3 Å². The number of aromatic nitrogens is 2. The van der Waals surface area contributed by atoms with Crippen LogP contribution in [-0.2, 0) is 9.53 Å². The van der Waals surface area contributed by atoms with E-state index in [9.17, 15) is 14.0 Å². The summed E-state index contributed by atoms with van der Waals surface area (Å²) in [6.07, 6.45) is 0.538. The first-order valence-corrected chi connectivity index (χ1v) is 8.92. The van der Waals surface area contributed by atoms with E-state index in [1.807, 2.05) is 6.07 Å². The summed E-state index contributed by atoms with van der Waals surface area (Å²) in [6.45, 7) is 3.10. The maximum atomic E-state index is 13.6. The molecular weight excluding hydrogens is 369 g/mol. The van der Waals surface area contributed by atoms with Crippen molar-refractivity contribution in [2.24, 2.45) is 0 Å². The third-order valence-corrected chi connectivity index (χ3v) is 4.81. The van der Waals surface area contributed by atoms with E-state index in [1.54, 1.807) is 31.3 Å². The number of carbonyl (C=O) groups is 2. The highest BCUT2D eigenvalue weighted by Gasteiger charge is 2.23. The molecule has 0 spiro atoms. The quantitative estimate of drug-likeness (QED) is 0.675. The van der Waals surface area contributed by atoms with Gasteiger partial charge in [-0.15, -0.1) is 11.3 Å². The highest BCUT2D eigenvalue weighted by Crippen LogP contribution is 2.27. The van der Waals surface area contributed by atoms with Crippen molar-refractivity contribution >= 4 is 28.9 Å². The van der Waals surface area contributed by atoms with Crippen molar-refractivity contribution in [3.63, 3.8) is 0 Å². The van der Waals surface area contributed by atoms with Crippen LogP contribution in [0, 0.1) is 12.7 Å². The Kier molecular flexibility index (Phi) is 5.56. The fourth-order valence-electron chi connectivity index (χ4n) is 2.25. The Morgan fingerprint density at radius 1 is 1.19 bits per heavy atom. The second-order valence-corrected chi connectivity index (χ2v) is 6.66. The van der Waals surface area contributed by atoms with E-state index in [2.05, 4.69) is 15.3 Å². The topological polar surface area (TPSA) is 81.2 Å². The minimum Gasteiger partial charge on any atom is -0.448 e. The molecule has 0 saturated carbocycles. The number of benzene rings is 1. The molecular formula is C19H16FN3O3S. The molecule has 0 aliphatic heterocycles. The third-order valence-electron chi connectivity index (χ3n) is 3.65. The Bertz CT molecular complexity index is 975. The van der Waals surface area contributed by atoms with E-state index in [4.69, 9.17) is 4.74 Å². The number of aryl methyl sites for hydroxylation is 1. The first-order valence-electron chi connectivity index (χ1n) is 8.11. The van der Waals surface area contributed by atoms with Gasteiger partial charge >= 0.3 is 5.97 Å². The number of thiazole rings is 1. The second-order valence-electron chi connectivity index (χ2n) is 5.67. The highest BCUT2D eigenvalue weighted by atomic mass is 32.1. The molecule has 0 saturated heterocycles. The summed E-state index contributed by atoms with van der Waals surface area (Å²) in [4.78, 5) is 33.4. The number of nitrogens with zero attached hydrogens (tertiary/aromatic N) is 2. The molecule has 1 amide bonds. The lowest BCUT2D eigenvalue weighted by Crippen LogP contribution is -2.30. The summed E-state index contributed by atoms with van der Waals surface area (Å²) in [7, 11) is 0. The Morgan fingerprint density at radius 2 is 1.93 bits per heavy atom. The van der Waals surface area contributed by atoms with Gasteiger partial charge in [-0.1, -0.05) is 18.2 Å². The average molecular weight is 385 g/mol. The number of halogens is 1. The number of anilines is 1. The molecule has 6 nitrogen and oxygen atoms in total. The SMILES string of the molecule is Cc1nc(-c2ccccn2)sc1C(=O)OC(C)C(=O)Nc1ccccc1F. The predicted octanol–water partition coefficient (Wildman–Crippen LogP) is 3.84. The van der Waals surface area contributed by atoms with E-state index >= 15 is 0 Å². The van der Waals surface area contributed by atoms with Crippen molar-refractivity contribution in [1.29, 1.82) is 0 Å². The number of pyridine rings is 1. The smallest absolute Gasteiger partial charge is 0.351 e. The maximum absolute atomic E-state index is 13.6. The van der Waals surface area contributed by atoms with Crippen molar-refractivity contribution in [2.75, 3.05) is 5.32 Å². The van der Waals surface area contributed by atoms with Gasteiger partial charge in [-0.25, -0.2) is 14.2 Å². The van der Waals surface area contributed by atoms with E-state index in [-0.39, 0.29) is 5.69 Å². The minimum atomic E-state index is -1.10. The van der Waals surface area contributed by atoms with Gasteiger partial charge < -0.3 is 10.1 Å². The number of hydrogen-bond donors (Lipinski definition) is 1. The van der Waals surface area contributed by atoms with Crippen LogP contribution in [0.4, 0.5) is 10.1 Å². The van der Waals surface area contributed by atoms with E-state index in [0.717, 1.165) is 11.3 Å². The van der Waals surface area contributed by atoms with Crippen molar-refractivity contribution in [1.82, 2.24) is 9.97 Å². The molecule has 1 N–H and O–H groups in total. The molecule has 1 unspecified atom stereocenters. The molecule has 2 aromatic heterocycles. The Balaban J connectivity index is 1.69. The number of amides is 1.